The molecule has 0 radical (unpaired) electrons. The van der Waals surface area contributed by atoms with Gasteiger partial charge < -0.3 is 10.6 Å². The summed E-state index contributed by atoms with van der Waals surface area (Å²) in [6.07, 6.45) is 0.494. The molecule has 1 fully saturated rings. The molecule has 1 aliphatic rings. The summed E-state index contributed by atoms with van der Waals surface area (Å²) < 4.78 is 27.4. The average molecular weight is 431 g/mol. The molecule has 122 valence electrons. The second-order valence-electron chi connectivity index (χ2n) is 4.78. The molecule has 10 heteroatoms. The number of nitrogens with two attached hydrogens (primary N) is 1. The largest absolute Gasteiger partial charge is 0.351 e. The van der Waals surface area contributed by atoms with Crippen LogP contribution in [0.3, 0.4) is 0 Å². The molecule has 22 heavy (non-hydrogen) atoms. The Balaban J connectivity index is 2.33. The lowest BCUT2D eigenvalue weighted by atomic mass is 10.4. The molecule has 0 aliphatic carbocycles. The lowest BCUT2D eigenvalue weighted by Crippen LogP contribution is -2.39. The van der Waals surface area contributed by atoms with Crippen molar-refractivity contribution >= 4 is 55.2 Å². The number of urea groups is 1. The Morgan fingerprint density at radius 2 is 1.73 bits per heavy atom. The quantitative estimate of drug-likeness (QED) is 0.782. The van der Waals surface area contributed by atoms with Crippen molar-refractivity contribution < 1.29 is 13.2 Å². The fourth-order valence-corrected chi connectivity index (χ4v) is 5.61. The molecule has 0 aromatic heterocycles. The zero-order valence-electron chi connectivity index (χ0n) is 11.4. The normalized spacial score (nSPS) is 17.3. The molecular formula is C12H14BrCl2N3O3S. The topological polar surface area (TPSA) is 83.7 Å². The van der Waals surface area contributed by atoms with E-state index in [1.165, 1.54) is 21.3 Å². The minimum Gasteiger partial charge on any atom is -0.351 e. The van der Waals surface area contributed by atoms with Crippen LogP contribution in [0.15, 0.2) is 21.5 Å². The second kappa shape index (κ2) is 6.92. The van der Waals surface area contributed by atoms with Crippen LogP contribution in [-0.4, -0.2) is 49.8 Å². The van der Waals surface area contributed by atoms with Crippen molar-refractivity contribution in [3.05, 3.63) is 26.7 Å². The van der Waals surface area contributed by atoms with Gasteiger partial charge in [-0.25, -0.2) is 13.2 Å². The summed E-state index contributed by atoms with van der Waals surface area (Å²) in [5.41, 5.74) is 5.24. The standard InChI is InChI=1S/C12H14BrCl2N3O3S/c13-8-6-9(14)11(10(15)7-8)22(20,21)18-3-1-2-17(4-5-18)12(16)19/h6-7H,1-5H2,(H2,16,19). The third kappa shape index (κ3) is 3.68. The van der Waals surface area contributed by atoms with E-state index in [0.29, 0.717) is 17.4 Å². The molecule has 0 bridgehead atoms. The minimum atomic E-state index is -3.84. The van der Waals surface area contributed by atoms with Gasteiger partial charge in [0.05, 0.1) is 10.0 Å². The monoisotopic (exact) mass is 429 g/mol. The highest BCUT2D eigenvalue weighted by atomic mass is 79.9. The van der Waals surface area contributed by atoms with Gasteiger partial charge in [0.1, 0.15) is 4.90 Å². The molecule has 6 nitrogen and oxygen atoms in total. The predicted molar refractivity (Wildman–Crippen MR) is 88.7 cm³/mol. The van der Waals surface area contributed by atoms with Crippen molar-refractivity contribution in [3.8, 4) is 0 Å². The van der Waals surface area contributed by atoms with Crippen LogP contribution in [0.1, 0.15) is 6.42 Å². The first kappa shape index (κ1) is 17.8. The average Bonchev–Trinajstić information content (AvgIpc) is 2.62. The highest BCUT2D eigenvalue weighted by Crippen LogP contribution is 2.34. The molecule has 1 aromatic carbocycles. The SMILES string of the molecule is NC(=O)N1CCCN(S(=O)(=O)c2c(Cl)cc(Br)cc2Cl)CC1. The molecule has 2 amide bonds. The van der Waals surface area contributed by atoms with Gasteiger partial charge in [-0.1, -0.05) is 39.1 Å². The van der Waals surface area contributed by atoms with Crippen LogP contribution in [-0.2, 0) is 10.0 Å². The second-order valence-corrected chi connectivity index (χ2v) is 8.39. The summed E-state index contributed by atoms with van der Waals surface area (Å²) in [6.45, 7) is 1.08. The lowest BCUT2D eigenvalue weighted by molar-refractivity contribution is 0.210. The Morgan fingerprint density at radius 3 is 2.27 bits per heavy atom. The summed E-state index contributed by atoms with van der Waals surface area (Å²) in [4.78, 5) is 12.5. The third-order valence-electron chi connectivity index (χ3n) is 3.33. The van der Waals surface area contributed by atoms with Gasteiger partial charge in [0.2, 0.25) is 10.0 Å². The van der Waals surface area contributed by atoms with E-state index in [1.807, 2.05) is 0 Å². The van der Waals surface area contributed by atoms with Gasteiger partial charge in [0.25, 0.3) is 0 Å². The van der Waals surface area contributed by atoms with Gasteiger partial charge in [-0.15, -0.1) is 0 Å². The summed E-state index contributed by atoms with van der Waals surface area (Å²) >= 11 is 15.3. The number of sulfonamides is 1. The molecule has 1 saturated heterocycles. The van der Waals surface area contributed by atoms with Gasteiger partial charge in [-0.2, -0.15) is 4.31 Å². The van der Waals surface area contributed by atoms with Crippen LogP contribution >= 0.6 is 39.1 Å². The van der Waals surface area contributed by atoms with Gasteiger partial charge in [-0.3, -0.25) is 0 Å². The van der Waals surface area contributed by atoms with Crippen molar-refractivity contribution in [2.75, 3.05) is 26.2 Å². The first-order valence-electron chi connectivity index (χ1n) is 6.42. The van der Waals surface area contributed by atoms with Crippen molar-refractivity contribution in [2.45, 2.75) is 11.3 Å². The highest BCUT2D eigenvalue weighted by Gasteiger charge is 2.31. The fraction of sp³-hybridized carbons (Fsp3) is 0.417. The summed E-state index contributed by atoms with van der Waals surface area (Å²) in [6, 6.07) is 2.40. The Kier molecular flexibility index (Phi) is 5.60. The fourth-order valence-electron chi connectivity index (χ4n) is 2.26. The maximum atomic E-state index is 12.8. The maximum absolute atomic E-state index is 12.8. The number of halogens is 3. The van der Waals surface area contributed by atoms with Crippen LogP contribution in [0.5, 0.6) is 0 Å². The van der Waals surface area contributed by atoms with Crippen molar-refractivity contribution in [1.82, 2.24) is 9.21 Å². The molecule has 0 atom stereocenters. The number of nitrogens with zero attached hydrogens (tertiary/aromatic N) is 2. The predicted octanol–water partition coefficient (Wildman–Crippen LogP) is 2.53. The molecule has 0 unspecified atom stereocenters. The first-order valence-corrected chi connectivity index (χ1v) is 9.41. The number of rotatable bonds is 2. The molecule has 0 saturated carbocycles. The summed E-state index contributed by atoms with van der Waals surface area (Å²) in [5, 5.41) is 0.103. The van der Waals surface area contributed by atoms with E-state index < -0.39 is 16.1 Å². The van der Waals surface area contributed by atoms with E-state index >= 15 is 0 Å². The van der Waals surface area contributed by atoms with Crippen LogP contribution in [0.4, 0.5) is 4.79 Å². The molecule has 1 aromatic rings. The van der Waals surface area contributed by atoms with Gasteiger partial charge in [0, 0.05) is 30.7 Å². The molecule has 1 aliphatic heterocycles. The van der Waals surface area contributed by atoms with Gasteiger partial charge in [0.15, 0.2) is 0 Å². The third-order valence-corrected chi connectivity index (χ3v) is 6.61. The van der Waals surface area contributed by atoms with E-state index in [4.69, 9.17) is 28.9 Å². The van der Waals surface area contributed by atoms with Crippen LogP contribution in [0.25, 0.3) is 0 Å². The van der Waals surface area contributed by atoms with Crippen LogP contribution in [0, 0.1) is 0 Å². The summed E-state index contributed by atoms with van der Waals surface area (Å²) in [7, 11) is -3.84. The zero-order chi connectivity index (χ0) is 16.5. The smallest absolute Gasteiger partial charge is 0.314 e. The number of benzene rings is 1. The maximum Gasteiger partial charge on any atom is 0.314 e. The van der Waals surface area contributed by atoms with Gasteiger partial charge >= 0.3 is 6.03 Å². The van der Waals surface area contributed by atoms with Crippen LogP contribution < -0.4 is 5.73 Å². The number of primary amides is 1. The number of hydrogen-bond acceptors (Lipinski definition) is 3. The van der Waals surface area contributed by atoms with E-state index in [1.54, 1.807) is 0 Å². The zero-order valence-corrected chi connectivity index (χ0v) is 15.3. The van der Waals surface area contributed by atoms with Gasteiger partial charge in [-0.05, 0) is 18.6 Å². The highest BCUT2D eigenvalue weighted by molar-refractivity contribution is 9.10. The van der Waals surface area contributed by atoms with E-state index in [-0.39, 0.29) is 34.6 Å². The summed E-state index contributed by atoms with van der Waals surface area (Å²) in [5.74, 6) is 0. The van der Waals surface area contributed by atoms with E-state index in [0.717, 1.165) is 0 Å². The van der Waals surface area contributed by atoms with Crippen molar-refractivity contribution in [1.29, 1.82) is 0 Å². The number of amides is 2. The molecule has 0 spiro atoms. The Bertz CT molecular complexity index is 676. The van der Waals surface area contributed by atoms with Crippen molar-refractivity contribution in [3.63, 3.8) is 0 Å². The number of carbonyl (C=O) groups excluding carboxylic acids is 1. The van der Waals surface area contributed by atoms with E-state index in [2.05, 4.69) is 15.9 Å². The molecule has 2 rings (SSSR count). The lowest BCUT2D eigenvalue weighted by Gasteiger charge is -2.22. The molecular weight excluding hydrogens is 417 g/mol. The number of carbonyl (C=O) groups is 1. The molecule has 1 heterocycles. The Morgan fingerprint density at radius 1 is 1.14 bits per heavy atom. The Labute approximate surface area is 147 Å². The minimum absolute atomic E-state index is 0.0513. The number of hydrogen-bond donors (Lipinski definition) is 1. The first-order chi connectivity index (χ1) is 10.2. The molecule has 2 N–H and O–H groups in total. The Hall–Kier alpha value is -0.540. The van der Waals surface area contributed by atoms with E-state index in [9.17, 15) is 13.2 Å². The van der Waals surface area contributed by atoms with Crippen LogP contribution in [0.2, 0.25) is 10.0 Å². The van der Waals surface area contributed by atoms with Crippen molar-refractivity contribution in [2.24, 2.45) is 5.73 Å².